The van der Waals surface area contributed by atoms with Crippen molar-refractivity contribution in [3.8, 4) is 11.5 Å². The molecule has 0 unspecified atom stereocenters. The van der Waals surface area contributed by atoms with E-state index < -0.39 is 0 Å². The summed E-state index contributed by atoms with van der Waals surface area (Å²) < 4.78 is 10.5. The molecule has 0 spiro atoms. The summed E-state index contributed by atoms with van der Waals surface area (Å²) in [5, 5.41) is 3.02. The first-order valence-electron chi connectivity index (χ1n) is 9.33. The summed E-state index contributed by atoms with van der Waals surface area (Å²) >= 11 is 0. The summed E-state index contributed by atoms with van der Waals surface area (Å²) in [4.78, 5) is 12.6. The minimum atomic E-state index is -0.153. The molecule has 0 saturated carbocycles. The van der Waals surface area contributed by atoms with Crippen LogP contribution in [0.3, 0.4) is 0 Å². The summed E-state index contributed by atoms with van der Waals surface area (Å²) in [5.41, 5.74) is 2.98. The van der Waals surface area contributed by atoms with Crippen LogP contribution in [0.5, 0.6) is 11.5 Å². The predicted octanol–water partition coefficient (Wildman–Crippen LogP) is 4.66. The molecule has 0 saturated heterocycles. The van der Waals surface area contributed by atoms with Crippen LogP contribution >= 0.6 is 0 Å². The van der Waals surface area contributed by atoms with E-state index in [1.165, 1.54) is 11.1 Å². The van der Waals surface area contributed by atoms with Crippen LogP contribution < -0.4 is 14.8 Å². The van der Waals surface area contributed by atoms with Crippen LogP contribution in [0.25, 0.3) is 0 Å². The molecule has 0 aliphatic carbocycles. The molecule has 0 aromatic heterocycles. The van der Waals surface area contributed by atoms with Crippen molar-refractivity contribution in [3.05, 3.63) is 95.6 Å². The molecule has 0 aliphatic rings. The minimum absolute atomic E-state index is 0.153. The first kappa shape index (κ1) is 19.5. The molecule has 4 nitrogen and oxygen atoms in total. The second-order valence-electron chi connectivity index (χ2n) is 6.48. The van der Waals surface area contributed by atoms with Crippen molar-refractivity contribution in [2.24, 2.45) is 0 Å². The zero-order valence-corrected chi connectivity index (χ0v) is 16.2. The lowest BCUT2D eigenvalue weighted by molar-refractivity contribution is 0.0949. The van der Waals surface area contributed by atoms with E-state index in [0.717, 1.165) is 6.42 Å². The third-order valence-electron chi connectivity index (χ3n) is 4.78. The predicted molar refractivity (Wildman–Crippen MR) is 111 cm³/mol. The summed E-state index contributed by atoms with van der Waals surface area (Å²) in [6, 6.07) is 25.9. The summed E-state index contributed by atoms with van der Waals surface area (Å²) in [7, 11) is 3.13. The maximum absolute atomic E-state index is 12.6. The number of ether oxygens (including phenoxy) is 2. The first-order chi connectivity index (χ1) is 13.7. The molecule has 3 aromatic rings. The van der Waals surface area contributed by atoms with Crippen molar-refractivity contribution < 1.29 is 14.3 Å². The number of carbonyl (C=O) groups is 1. The highest BCUT2D eigenvalue weighted by Crippen LogP contribution is 2.28. The number of amides is 1. The molecule has 28 heavy (non-hydrogen) atoms. The second kappa shape index (κ2) is 9.60. The number of nitrogens with one attached hydrogen (secondary N) is 1. The van der Waals surface area contributed by atoms with E-state index in [0.29, 0.717) is 23.6 Å². The Balaban J connectivity index is 1.70. The van der Waals surface area contributed by atoms with Crippen LogP contribution in [-0.4, -0.2) is 26.7 Å². The monoisotopic (exact) mass is 375 g/mol. The SMILES string of the molecule is COc1ccc(C(=O)NCCC(c2ccccc2)c2ccccc2)c(OC)c1. The van der Waals surface area contributed by atoms with Crippen LogP contribution in [0.1, 0.15) is 33.8 Å². The lowest BCUT2D eigenvalue weighted by Crippen LogP contribution is -2.26. The number of carbonyl (C=O) groups excluding carboxylic acids is 1. The van der Waals surface area contributed by atoms with Gasteiger partial charge in [-0.3, -0.25) is 4.79 Å². The molecule has 3 rings (SSSR count). The van der Waals surface area contributed by atoms with Crippen LogP contribution in [0, 0.1) is 0 Å². The molecule has 3 aromatic carbocycles. The Bertz CT molecular complexity index is 855. The number of benzene rings is 3. The Morgan fingerprint density at radius 3 is 2.00 bits per heavy atom. The molecule has 0 bridgehead atoms. The van der Waals surface area contributed by atoms with Gasteiger partial charge in [-0.05, 0) is 29.7 Å². The van der Waals surface area contributed by atoms with E-state index in [-0.39, 0.29) is 11.8 Å². The van der Waals surface area contributed by atoms with Gasteiger partial charge in [0.2, 0.25) is 0 Å². The maximum Gasteiger partial charge on any atom is 0.255 e. The summed E-state index contributed by atoms with van der Waals surface area (Å²) in [6.07, 6.45) is 0.804. The van der Waals surface area contributed by atoms with Crippen LogP contribution in [0.15, 0.2) is 78.9 Å². The van der Waals surface area contributed by atoms with E-state index in [1.54, 1.807) is 32.4 Å². The van der Waals surface area contributed by atoms with Crippen molar-refractivity contribution in [2.75, 3.05) is 20.8 Å². The van der Waals surface area contributed by atoms with E-state index in [9.17, 15) is 4.79 Å². The van der Waals surface area contributed by atoms with Gasteiger partial charge in [0, 0.05) is 18.5 Å². The molecule has 1 N–H and O–H groups in total. The minimum Gasteiger partial charge on any atom is -0.497 e. The van der Waals surface area contributed by atoms with Gasteiger partial charge < -0.3 is 14.8 Å². The van der Waals surface area contributed by atoms with Crippen LogP contribution in [-0.2, 0) is 0 Å². The third kappa shape index (κ3) is 4.71. The Morgan fingerprint density at radius 2 is 1.46 bits per heavy atom. The van der Waals surface area contributed by atoms with Gasteiger partial charge in [0.15, 0.2) is 0 Å². The lowest BCUT2D eigenvalue weighted by Gasteiger charge is -2.19. The average Bonchev–Trinajstić information content (AvgIpc) is 2.77. The van der Waals surface area contributed by atoms with Crippen LogP contribution in [0.2, 0.25) is 0 Å². The molecule has 4 heteroatoms. The van der Waals surface area contributed by atoms with Crippen molar-refractivity contribution >= 4 is 5.91 Å². The zero-order chi connectivity index (χ0) is 19.8. The normalized spacial score (nSPS) is 10.5. The van der Waals surface area contributed by atoms with Crippen molar-refractivity contribution in [2.45, 2.75) is 12.3 Å². The fourth-order valence-corrected chi connectivity index (χ4v) is 3.31. The Kier molecular flexibility index (Phi) is 6.68. The summed E-state index contributed by atoms with van der Waals surface area (Å²) in [5.74, 6) is 1.22. The lowest BCUT2D eigenvalue weighted by atomic mass is 9.88. The molecular formula is C24H25NO3. The Morgan fingerprint density at radius 1 is 0.857 bits per heavy atom. The molecule has 0 fully saturated rings. The van der Waals surface area contributed by atoms with Gasteiger partial charge in [0.05, 0.1) is 19.8 Å². The van der Waals surface area contributed by atoms with Crippen molar-refractivity contribution in [1.29, 1.82) is 0 Å². The van der Waals surface area contributed by atoms with Crippen molar-refractivity contribution in [3.63, 3.8) is 0 Å². The quantitative estimate of drug-likeness (QED) is 0.623. The fourth-order valence-electron chi connectivity index (χ4n) is 3.31. The zero-order valence-electron chi connectivity index (χ0n) is 16.2. The van der Waals surface area contributed by atoms with Gasteiger partial charge in [-0.2, -0.15) is 0 Å². The Hall–Kier alpha value is -3.27. The van der Waals surface area contributed by atoms with Crippen LogP contribution in [0.4, 0.5) is 0 Å². The Labute approximate surface area is 166 Å². The van der Waals surface area contributed by atoms with Gasteiger partial charge in [-0.15, -0.1) is 0 Å². The van der Waals surface area contributed by atoms with E-state index in [1.807, 2.05) is 36.4 Å². The molecule has 0 atom stereocenters. The van der Waals surface area contributed by atoms with Gasteiger partial charge in [-0.1, -0.05) is 60.7 Å². The molecule has 0 heterocycles. The third-order valence-corrected chi connectivity index (χ3v) is 4.78. The number of hydrogen-bond donors (Lipinski definition) is 1. The maximum atomic E-state index is 12.6. The standard InChI is InChI=1S/C24H25NO3/c1-27-20-13-14-22(23(17-20)28-2)24(26)25-16-15-21(18-9-5-3-6-10-18)19-11-7-4-8-12-19/h3-14,17,21H,15-16H2,1-2H3,(H,25,26). The smallest absolute Gasteiger partial charge is 0.255 e. The van der Waals surface area contributed by atoms with Gasteiger partial charge >= 0.3 is 0 Å². The van der Waals surface area contributed by atoms with E-state index in [4.69, 9.17) is 9.47 Å². The number of rotatable bonds is 8. The van der Waals surface area contributed by atoms with Gasteiger partial charge in [-0.25, -0.2) is 0 Å². The molecular weight excluding hydrogens is 350 g/mol. The fraction of sp³-hybridized carbons (Fsp3) is 0.208. The van der Waals surface area contributed by atoms with Gasteiger partial charge in [0.1, 0.15) is 11.5 Å². The largest absolute Gasteiger partial charge is 0.497 e. The number of methoxy groups -OCH3 is 2. The highest BCUT2D eigenvalue weighted by Gasteiger charge is 2.16. The van der Waals surface area contributed by atoms with Gasteiger partial charge in [0.25, 0.3) is 5.91 Å². The molecule has 1 amide bonds. The molecule has 0 aliphatic heterocycles. The highest BCUT2D eigenvalue weighted by atomic mass is 16.5. The first-order valence-corrected chi connectivity index (χ1v) is 9.33. The second-order valence-corrected chi connectivity index (χ2v) is 6.48. The molecule has 144 valence electrons. The molecule has 0 radical (unpaired) electrons. The van der Waals surface area contributed by atoms with Crippen molar-refractivity contribution in [1.82, 2.24) is 5.32 Å². The van der Waals surface area contributed by atoms with E-state index >= 15 is 0 Å². The highest BCUT2D eigenvalue weighted by molar-refractivity contribution is 5.97. The van der Waals surface area contributed by atoms with E-state index in [2.05, 4.69) is 29.6 Å². The average molecular weight is 375 g/mol. The topological polar surface area (TPSA) is 47.6 Å². The number of hydrogen-bond acceptors (Lipinski definition) is 3. The summed E-state index contributed by atoms with van der Waals surface area (Å²) in [6.45, 7) is 0.558.